The van der Waals surface area contributed by atoms with Gasteiger partial charge in [-0.15, -0.1) is 10.2 Å². The van der Waals surface area contributed by atoms with Crippen LogP contribution in [0.2, 0.25) is 0 Å². The van der Waals surface area contributed by atoms with E-state index in [0.717, 1.165) is 40.0 Å². The van der Waals surface area contributed by atoms with E-state index in [9.17, 15) is 4.79 Å². The summed E-state index contributed by atoms with van der Waals surface area (Å²) in [6.45, 7) is 1.23. The summed E-state index contributed by atoms with van der Waals surface area (Å²) in [6, 6.07) is 14.0. The Morgan fingerprint density at radius 1 is 1.11 bits per heavy atom. The van der Waals surface area contributed by atoms with Crippen molar-refractivity contribution >= 4 is 33.6 Å². The highest BCUT2D eigenvalue weighted by molar-refractivity contribution is 9.10. The molecular weight excluding hydrogens is 426 g/mol. The fourth-order valence-electron chi connectivity index (χ4n) is 2.98. The summed E-state index contributed by atoms with van der Waals surface area (Å²) in [5.41, 5.74) is 1.20. The minimum atomic E-state index is 0.176. The number of likely N-dealkylation sites (tertiary alicyclic amines) is 1. The van der Waals surface area contributed by atoms with Crippen LogP contribution >= 0.6 is 27.7 Å². The van der Waals surface area contributed by atoms with Crippen molar-refractivity contribution in [2.75, 3.05) is 6.54 Å². The molecule has 1 aliphatic heterocycles. The summed E-state index contributed by atoms with van der Waals surface area (Å²) in [4.78, 5) is 18.3. The van der Waals surface area contributed by atoms with E-state index in [1.807, 2.05) is 39.8 Å². The summed E-state index contributed by atoms with van der Waals surface area (Å²) in [7, 11) is 0. The Labute approximate surface area is 170 Å². The smallest absolute Gasteiger partial charge is 0.223 e. The number of rotatable bonds is 6. The van der Waals surface area contributed by atoms with E-state index in [0.29, 0.717) is 13.0 Å². The van der Waals surface area contributed by atoms with Crippen LogP contribution < -0.4 is 0 Å². The van der Waals surface area contributed by atoms with Gasteiger partial charge in [-0.05, 0) is 36.2 Å². The van der Waals surface area contributed by atoms with Crippen molar-refractivity contribution in [3.05, 3.63) is 64.5 Å². The van der Waals surface area contributed by atoms with E-state index >= 15 is 0 Å². The van der Waals surface area contributed by atoms with Gasteiger partial charge < -0.3 is 4.90 Å². The van der Waals surface area contributed by atoms with E-state index in [1.54, 1.807) is 18.0 Å². The van der Waals surface area contributed by atoms with E-state index in [1.165, 1.54) is 5.56 Å². The number of benzene rings is 1. The first kappa shape index (κ1) is 18.2. The number of thioether (sulfide) groups is 1. The summed E-state index contributed by atoms with van der Waals surface area (Å²) >= 11 is 5.07. The van der Waals surface area contributed by atoms with Crippen molar-refractivity contribution in [3.8, 4) is 5.82 Å². The third-order valence-electron chi connectivity index (χ3n) is 4.36. The first-order chi connectivity index (χ1) is 13.2. The zero-order valence-corrected chi connectivity index (χ0v) is 17.0. The quantitative estimate of drug-likeness (QED) is 0.541. The maximum atomic E-state index is 12.0. The van der Waals surface area contributed by atoms with Crippen LogP contribution in [0.1, 0.15) is 24.2 Å². The topological polar surface area (TPSA) is 63.9 Å². The highest BCUT2D eigenvalue weighted by atomic mass is 79.9. The number of nitrogens with zero attached hydrogens (tertiary/aromatic N) is 5. The highest BCUT2D eigenvalue weighted by Crippen LogP contribution is 2.26. The van der Waals surface area contributed by atoms with Gasteiger partial charge in [0.1, 0.15) is 5.82 Å². The Morgan fingerprint density at radius 3 is 2.67 bits per heavy atom. The van der Waals surface area contributed by atoms with Crippen LogP contribution in [0.5, 0.6) is 0 Å². The van der Waals surface area contributed by atoms with E-state index in [-0.39, 0.29) is 5.91 Å². The molecule has 1 amide bonds. The van der Waals surface area contributed by atoms with Gasteiger partial charge in [0.05, 0.1) is 6.54 Å². The molecular formula is C19H18BrN5OS. The van der Waals surface area contributed by atoms with Crippen LogP contribution in [-0.2, 0) is 17.1 Å². The lowest BCUT2D eigenvalue weighted by Gasteiger charge is -2.16. The Morgan fingerprint density at radius 2 is 1.96 bits per heavy atom. The summed E-state index contributed by atoms with van der Waals surface area (Å²) in [5, 5.41) is 9.52. The zero-order chi connectivity index (χ0) is 18.6. The van der Waals surface area contributed by atoms with Crippen molar-refractivity contribution in [1.29, 1.82) is 0 Å². The number of carbonyl (C=O) groups is 1. The minimum absolute atomic E-state index is 0.176. The summed E-state index contributed by atoms with van der Waals surface area (Å²) in [6.07, 6.45) is 3.27. The largest absolute Gasteiger partial charge is 0.335 e. The summed E-state index contributed by atoms with van der Waals surface area (Å²) in [5.74, 6) is 2.46. The molecule has 6 nitrogen and oxygen atoms in total. The Hall–Kier alpha value is -2.19. The highest BCUT2D eigenvalue weighted by Gasteiger charge is 2.24. The minimum Gasteiger partial charge on any atom is -0.335 e. The predicted molar refractivity (Wildman–Crippen MR) is 108 cm³/mol. The Kier molecular flexibility index (Phi) is 5.54. The van der Waals surface area contributed by atoms with Gasteiger partial charge in [0.2, 0.25) is 5.91 Å². The standard InChI is InChI=1S/C19H18BrN5OS/c20-15-8-6-14(7-9-15)13-27-19-23-22-17(12-24-11-3-5-18(24)26)25(19)16-4-1-2-10-21-16/h1-2,4,6-10H,3,5,11-13H2. The maximum Gasteiger partial charge on any atom is 0.223 e. The van der Waals surface area contributed by atoms with Crippen LogP contribution in [0.4, 0.5) is 0 Å². The lowest BCUT2D eigenvalue weighted by Crippen LogP contribution is -2.25. The predicted octanol–water partition coefficient (Wildman–Crippen LogP) is 3.84. The van der Waals surface area contributed by atoms with Crippen LogP contribution in [0.15, 0.2) is 58.3 Å². The van der Waals surface area contributed by atoms with Crippen molar-refractivity contribution in [3.63, 3.8) is 0 Å². The van der Waals surface area contributed by atoms with Gasteiger partial charge >= 0.3 is 0 Å². The molecule has 0 spiro atoms. The molecule has 0 atom stereocenters. The number of hydrogen-bond acceptors (Lipinski definition) is 5. The molecule has 3 aromatic rings. The molecule has 1 aliphatic rings. The molecule has 0 radical (unpaired) electrons. The molecule has 1 aromatic carbocycles. The van der Waals surface area contributed by atoms with Crippen LogP contribution in [0.3, 0.4) is 0 Å². The second-order valence-electron chi connectivity index (χ2n) is 6.26. The molecule has 0 N–H and O–H groups in total. The molecule has 138 valence electrons. The monoisotopic (exact) mass is 443 g/mol. The molecule has 27 heavy (non-hydrogen) atoms. The number of amides is 1. The van der Waals surface area contributed by atoms with Crippen LogP contribution in [0, 0.1) is 0 Å². The molecule has 1 saturated heterocycles. The maximum absolute atomic E-state index is 12.0. The molecule has 4 rings (SSSR count). The number of pyridine rings is 1. The second-order valence-corrected chi connectivity index (χ2v) is 8.11. The zero-order valence-electron chi connectivity index (χ0n) is 14.6. The third-order valence-corrected chi connectivity index (χ3v) is 5.89. The molecule has 0 aliphatic carbocycles. The average Bonchev–Trinajstić information content (AvgIpc) is 3.28. The molecule has 0 unspecified atom stereocenters. The van der Waals surface area contributed by atoms with Gasteiger partial charge in [-0.3, -0.25) is 9.36 Å². The molecule has 8 heteroatoms. The number of carbonyl (C=O) groups excluding carboxylic acids is 1. The molecule has 0 bridgehead atoms. The van der Waals surface area contributed by atoms with Gasteiger partial charge in [-0.2, -0.15) is 0 Å². The molecule has 2 aromatic heterocycles. The average molecular weight is 444 g/mol. The fourth-order valence-corrected chi connectivity index (χ4v) is 4.16. The van der Waals surface area contributed by atoms with Gasteiger partial charge in [0.15, 0.2) is 11.0 Å². The lowest BCUT2D eigenvalue weighted by atomic mass is 10.2. The molecule has 1 fully saturated rings. The lowest BCUT2D eigenvalue weighted by molar-refractivity contribution is -0.128. The first-order valence-electron chi connectivity index (χ1n) is 8.71. The van der Waals surface area contributed by atoms with Crippen LogP contribution in [0.25, 0.3) is 5.82 Å². The van der Waals surface area contributed by atoms with Gasteiger partial charge in [-0.1, -0.05) is 45.9 Å². The number of aromatic nitrogens is 4. The van der Waals surface area contributed by atoms with Gasteiger partial charge in [0, 0.05) is 29.4 Å². The molecule has 3 heterocycles. The molecule has 0 saturated carbocycles. The van der Waals surface area contributed by atoms with Crippen LogP contribution in [-0.4, -0.2) is 37.1 Å². The number of hydrogen-bond donors (Lipinski definition) is 0. The van der Waals surface area contributed by atoms with E-state index < -0.39 is 0 Å². The second kappa shape index (κ2) is 8.22. The van der Waals surface area contributed by atoms with Gasteiger partial charge in [0.25, 0.3) is 0 Å². The van der Waals surface area contributed by atoms with Crippen molar-refractivity contribution < 1.29 is 4.79 Å². The van der Waals surface area contributed by atoms with Crippen molar-refractivity contribution in [2.24, 2.45) is 0 Å². The SMILES string of the molecule is O=C1CCCN1Cc1nnc(SCc2ccc(Br)cc2)n1-c1ccccn1. The Bertz CT molecular complexity index is 929. The fraction of sp³-hybridized carbons (Fsp3) is 0.263. The van der Waals surface area contributed by atoms with E-state index in [2.05, 4.69) is 43.2 Å². The number of halogens is 1. The van der Waals surface area contributed by atoms with Gasteiger partial charge in [-0.25, -0.2) is 4.98 Å². The van der Waals surface area contributed by atoms with E-state index in [4.69, 9.17) is 0 Å². The summed E-state index contributed by atoms with van der Waals surface area (Å²) < 4.78 is 3.01. The Balaban J connectivity index is 1.60. The third kappa shape index (κ3) is 4.22. The normalized spacial score (nSPS) is 14.1. The first-order valence-corrected chi connectivity index (χ1v) is 10.5. The van der Waals surface area contributed by atoms with Crippen molar-refractivity contribution in [2.45, 2.75) is 30.3 Å². The van der Waals surface area contributed by atoms with Crippen molar-refractivity contribution in [1.82, 2.24) is 24.6 Å².